The molecule has 0 aromatic heterocycles. The monoisotopic (exact) mass is 266 g/mol. The molecule has 1 N–H and O–H groups in total. The Morgan fingerprint density at radius 3 is 2.84 bits per heavy atom. The lowest BCUT2D eigenvalue weighted by Gasteiger charge is -2.34. The lowest BCUT2D eigenvalue weighted by Crippen LogP contribution is -2.51. The summed E-state index contributed by atoms with van der Waals surface area (Å²) in [6.45, 7) is 9.32. The van der Waals surface area contributed by atoms with Crippen molar-refractivity contribution in [3.05, 3.63) is 0 Å². The Morgan fingerprint density at radius 1 is 1.26 bits per heavy atom. The van der Waals surface area contributed by atoms with Crippen LogP contribution < -0.4 is 5.32 Å². The fourth-order valence-electron chi connectivity index (χ4n) is 3.39. The minimum Gasteiger partial charge on any atom is -0.381 e. The number of hydrogen-bond donors (Lipinski definition) is 1. The quantitative estimate of drug-likeness (QED) is 0.715. The molecule has 0 aromatic rings. The van der Waals surface area contributed by atoms with E-state index in [0.29, 0.717) is 5.54 Å². The number of rotatable bonds is 7. The summed E-state index contributed by atoms with van der Waals surface area (Å²) in [5.41, 5.74) is 0.380. The molecule has 0 spiro atoms. The van der Waals surface area contributed by atoms with E-state index in [1.54, 1.807) is 0 Å². The van der Waals surface area contributed by atoms with Crippen molar-refractivity contribution in [3.8, 4) is 0 Å². The molecule has 3 fully saturated rings. The number of nitrogens with one attached hydrogen (secondary N) is 1. The van der Waals surface area contributed by atoms with Crippen LogP contribution in [0.4, 0.5) is 0 Å². The van der Waals surface area contributed by atoms with Gasteiger partial charge in [-0.2, -0.15) is 0 Å². The predicted molar refractivity (Wildman–Crippen MR) is 78.3 cm³/mol. The van der Waals surface area contributed by atoms with E-state index in [0.717, 1.165) is 25.0 Å². The average molecular weight is 266 g/mol. The molecule has 19 heavy (non-hydrogen) atoms. The Balaban J connectivity index is 1.36. The molecule has 3 nitrogen and oxygen atoms in total. The molecule has 3 rings (SSSR count). The van der Waals surface area contributed by atoms with Crippen molar-refractivity contribution < 1.29 is 4.74 Å². The Labute approximate surface area is 118 Å². The maximum atomic E-state index is 5.75. The molecule has 2 aliphatic carbocycles. The molecule has 110 valence electrons. The third kappa shape index (κ3) is 4.17. The van der Waals surface area contributed by atoms with Crippen molar-refractivity contribution >= 4 is 0 Å². The first-order chi connectivity index (χ1) is 9.26. The summed E-state index contributed by atoms with van der Waals surface area (Å²) < 4.78 is 5.75. The van der Waals surface area contributed by atoms with Gasteiger partial charge in [-0.3, -0.25) is 0 Å². The Morgan fingerprint density at radius 2 is 2.11 bits per heavy atom. The first kappa shape index (κ1) is 13.8. The van der Waals surface area contributed by atoms with Crippen LogP contribution in [0.15, 0.2) is 0 Å². The van der Waals surface area contributed by atoms with E-state index in [-0.39, 0.29) is 0 Å². The van der Waals surface area contributed by atoms with Gasteiger partial charge in [0, 0.05) is 31.8 Å². The van der Waals surface area contributed by atoms with E-state index < -0.39 is 0 Å². The normalized spacial score (nSPS) is 33.3. The fourth-order valence-corrected chi connectivity index (χ4v) is 3.39. The van der Waals surface area contributed by atoms with E-state index >= 15 is 0 Å². The molecule has 1 unspecified atom stereocenters. The first-order valence-electron chi connectivity index (χ1n) is 8.31. The third-order valence-electron chi connectivity index (χ3n) is 5.02. The van der Waals surface area contributed by atoms with E-state index in [9.17, 15) is 0 Å². The van der Waals surface area contributed by atoms with E-state index in [1.165, 1.54) is 64.7 Å². The second-order valence-corrected chi connectivity index (χ2v) is 7.12. The highest BCUT2D eigenvalue weighted by atomic mass is 16.5. The van der Waals surface area contributed by atoms with Crippen LogP contribution in [-0.2, 0) is 4.74 Å². The van der Waals surface area contributed by atoms with E-state index in [1.807, 2.05) is 0 Å². The summed E-state index contributed by atoms with van der Waals surface area (Å²) >= 11 is 0. The number of nitrogens with zero attached hydrogens (tertiary/aromatic N) is 1. The van der Waals surface area contributed by atoms with Crippen LogP contribution in [0.2, 0.25) is 0 Å². The van der Waals surface area contributed by atoms with Crippen LogP contribution in [0, 0.1) is 11.8 Å². The summed E-state index contributed by atoms with van der Waals surface area (Å²) in [4.78, 5) is 2.67. The third-order valence-corrected chi connectivity index (χ3v) is 5.02. The lowest BCUT2D eigenvalue weighted by molar-refractivity contribution is 0.108. The topological polar surface area (TPSA) is 24.5 Å². The molecule has 1 aliphatic heterocycles. The zero-order valence-corrected chi connectivity index (χ0v) is 12.5. The Kier molecular flexibility index (Phi) is 4.45. The molecule has 0 amide bonds. The summed E-state index contributed by atoms with van der Waals surface area (Å²) in [5.74, 6) is 1.83. The van der Waals surface area contributed by atoms with Gasteiger partial charge in [0.2, 0.25) is 0 Å². The highest BCUT2D eigenvalue weighted by Gasteiger charge is 2.42. The largest absolute Gasteiger partial charge is 0.381 e. The summed E-state index contributed by atoms with van der Waals surface area (Å²) in [6.07, 6.45) is 8.16. The smallest absolute Gasteiger partial charge is 0.0494 e. The van der Waals surface area contributed by atoms with Gasteiger partial charge < -0.3 is 15.0 Å². The molecule has 2 saturated carbocycles. The number of hydrogen-bond acceptors (Lipinski definition) is 3. The molecule has 0 bridgehead atoms. The number of ether oxygens (including phenoxy) is 1. The van der Waals surface area contributed by atoms with Gasteiger partial charge in [0.05, 0.1) is 0 Å². The molecule has 1 saturated heterocycles. The summed E-state index contributed by atoms with van der Waals surface area (Å²) in [6, 6.07) is 0. The van der Waals surface area contributed by atoms with Crippen LogP contribution >= 0.6 is 0 Å². The second-order valence-electron chi connectivity index (χ2n) is 7.12. The predicted octanol–water partition coefficient (Wildman–Crippen LogP) is 2.27. The van der Waals surface area contributed by atoms with Crippen LogP contribution in [0.5, 0.6) is 0 Å². The highest BCUT2D eigenvalue weighted by molar-refractivity contribution is 5.00. The summed E-state index contributed by atoms with van der Waals surface area (Å²) in [7, 11) is 0. The maximum Gasteiger partial charge on any atom is 0.0494 e. The highest BCUT2D eigenvalue weighted by Crippen LogP contribution is 2.40. The van der Waals surface area contributed by atoms with Crippen LogP contribution in [-0.4, -0.2) is 49.8 Å². The van der Waals surface area contributed by atoms with Crippen LogP contribution in [0.25, 0.3) is 0 Å². The van der Waals surface area contributed by atoms with Crippen molar-refractivity contribution in [2.75, 3.05) is 39.4 Å². The van der Waals surface area contributed by atoms with Crippen LogP contribution in [0.1, 0.15) is 45.4 Å². The van der Waals surface area contributed by atoms with Crippen molar-refractivity contribution in [1.82, 2.24) is 10.2 Å². The zero-order valence-electron chi connectivity index (χ0n) is 12.5. The van der Waals surface area contributed by atoms with Gasteiger partial charge in [0.25, 0.3) is 0 Å². The molecule has 3 heteroatoms. The van der Waals surface area contributed by atoms with Crippen LogP contribution in [0.3, 0.4) is 0 Å². The standard InChI is InChI=1S/C16H30N2O/c1-16(15-6-7-15)13-18(9-2-8-17-16)10-3-11-19-12-14-4-5-14/h14-15,17H,2-13H2,1H3. The molecule has 1 atom stereocenters. The van der Waals surface area contributed by atoms with Gasteiger partial charge >= 0.3 is 0 Å². The first-order valence-corrected chi connectivity index (χ1v) is 8.31. The van der Waals surface area contributed by atoms with E-state index in [4.69, 9.17) is 4.74 Å². The van der Waals surface area contributed by atoms with E-state index in [2.05, 4.69) is 17.1 Å². The van der Waals surface area contributed by atoms with Gasteiger partial charge in [0.1, 0.15) is 0 Å². The zero-order chi connectivity index (χ0) is 13.1. The SMILES string of the molecule is CC1(C2CC2)CN(CCCOCC2CC2)CCCN1. The van der Waals surface area contributed by atoms with Gasteiger partial charge in [-0.15, -0.1) is 0 Å². The maximum absolute atomic E-state index is 5.75. The van der Waals surface area contributed by atoms with Crippen molar-refractivity contribution in [2.24, 2.45) is 11.8 Å². The fraction of sp³-hybridized carbons (Fsp3) is 1.00. The van der Waals surface area contributed by atoms with Gasteiger partial charge in [-0.25, -0.2) is 0 Å². The Bertz CT molecular complexity index is 288. The molecular weight excluding hydrogens is 236 g/mol. The lowest BCUT2D eigenvalue weighted by atomic mass is 9.95. The van der Waals surface area contributed by atoms with Gasteiger partial charge in [0.15, 0.2) is 0 Å². The van der Waals surface area contributed by atoms with Crippen molar-refractivity contribution in [2.45, 2.75) is 51.0 Å². The second kappa shape index (κ2) is 6.11. The molecule has 1 heterocycles. The molecular formula is C16H30N2O. The van der Waals surface area contributed by atoms with Gasteiger partial charge in [-0.1, -0.05) is 0 Å². The minimum atomic E-state index is 0.380. The molecule has 3 aliphatic rings. The van der Waals surface area contributed by atoms with Crippen molar-refractivity contribution in [1.29, 1.82) is 0 Å². The minimum absolute atomic E-state index is 0.380. The average Bonchev–Trinajstić information content (AvgIpc) is 3.25. The Hall–Kier alpha value is -0.120. The molecule has 0 aromatic carbocycles. The van der Waals surface area contributed by atoms with Crippen molar-refractivity contribution in [3.63, 3.8) is 0 Å². The summed E-state index contributed by atoms with van der Waals surface area (Å²) in [5, 5.41) is 3.80. The van der Waals surface area contributed by atoms with Gasteiger partial charge in [-0.05, 0) is 70.4 Å². The molecule has 0 radical (unpaired) electrons.